The normalized spacial score (nSPS) is 14.1. The molecule has 0 bridgehead atoms. The fourth-order valence-electron chi connectivity index (χ4n) is 3.83. The summed E-state index contributed by atoms with van der Waals surface area (Å²) in [5, 5.41) is 0. The predicted molar refractivity (Wildman–Crippen MR) is 152 cm³/mol. The highest BCUT2D eigenvalue weighted by molar-refractivity contribution is 8.26. The maximum Gasteiger partial charge on any atom is 0.343 e. The summed E-state index contributed by atoms with van der Waals surface area (Å²) >= 11 is 6.74. The van der Waals surface area contributed by atoms with Crippen LogP contribution >= 0.6 is 24.0 Å². The van der Waals surface area contributed by atoms with Gasteiger partial charge in [0.2, 0.25) is 0 Å². The van der Waals surface area contributed by atoms with E-state index in [4.69, 9.17) is 31.2 Å². The standard InChI is InChI=1S/C29H27NO6S2/c1-18-5-9-21(10-6-18)28(32)36-23-12-8-20(16-25(23)35-4)17-26-27(31)30(29(37)38-26)14-13-19-7-11-22(33-2)24(15-19)34-3/h5-12,15-17H,13-14H2,1-4H3/b26-17+. The van der Waals surface area contributed by atoms with Gasteiger partial charge in [0.15, 0.2) is 23.0 Å². The molecule has 1 amide bonds. The minimum absolute atomic E-state index is 0.158. The number of ether oxygens (including phenoxy) is 4. The average Bonchev–Trinajstić information content (AvgIpc) is 3.19. The van der Waals surface area contributed by atoms with E-state index in [2.05, 4.69) is 0 Å². The first-order valence-corrected chi connectivity index (χ1v) is 13.0. The number of carbonyl (C=O) groups is 2. The van der Waals surface area contributed by atoms with Crippen LogP contribution < -0.4 is 18.9 Å². The third kappa shape index (κ3) is 6.17. The molecule has 1 aliphatic rings. The van der Waals surface area contributed by atoms with E-state index < -0.39 is 5.97 Å². The monoisotopic (exact) mass is 549 g/mol. The van der Waals surface area contributed by atoms with Crippen molar-refractivity contribution in [3.8, 4) is 23.0 Å². The zero-order chi connectivity index (χ0) is 27.2. The van der Waals surface area contributed by atoms with Crippen LogP contribution in [0.4, 0.5) is 0 Å². The maximum atomic E-state index is 13.1. The maximum absolute atomic E-state index is 13.1. The van der Waals surface area contributed by atoms with Gasteiger partial charge < -0.3 is 18.9 Å². The molecule has 0 aromatic heterocycles. The quantitative estimate of drug-likeness (QED) is 0.146. The zero-order valence-corrected chi connectivity index (χ0v) is 23.1. The molecule has 9 heteroatoms. The van der Waals surface area contributed by atoms with Crippen LogP contribution in [-0.4, -0.2) is 49.0 Å². The van der Waals surface area contributed by atoms with Crippen LogP contribution in [0, 0.1) is 6.92 Å². The van der Waals surface area contributed by atoms with E-state index in [1.54, 1.807) is 55.5 Å². The zero-order valence-electron chi connectivity index (χ0n) is 21.5. The SMILES string of the molecule is COc1ccc(CCN2C(=O)/C(=C\c3ccc(OC(=O)c4ccc(C)cc4)c(OC)c3)SC2=S)cc1OC. The van der Waals surface area contributed by atoms with Crippen molar-refractivity contribution in [3.63, 3.8) is 0 Å². The van der Waals surface area contributed by atoms with E-state index in [1.165, 1.54) is 18.9 Å². The Bertz CT molecular complexity index is 1400. The molecule has 0 N–H and O–H groups in total. The number of amides is 1. The molecule has 1 fully saturated rings. The lowest BCUT2D eigenvalue weighted by Crippen LogP contribution is -2.30. The van der Waals surface area contributed by atoms with Crippen LogP contribution in [0.1, 0.15) is 27.0 Å². The van der Waals surface area contributed by atoms with Gasteiger partial charge in [-0.25, -0.2) is 4.79 Å². The molecule has 1 heterocycles. The van der Waals surface area contributed by atoms with Crippen LogP contribution in [0.15, 0.2) is 65.6 Å². The second kappa shape index (κ2) is 12.1. The number of benzene rings is 3. The van der Waals surface area contributed by atoms with E-state index in [1.807, 2.05) is 37.3 Å². The summed E-state index contributed by atoms with van der Waals surface area (Å²) in [4.78, 5) is 27.8. The molecule has 0 spiro atoms. The van der Waals surface area contributed by atoms with Gasteiger partial charge in [-0.3, -0.25) is 9.69 Å². The van der Waals surface area contributed by atoms with Crippen LogP contribution in [0.3, 0.4) is 0 Å². The predicted octanol–water partition coefficient (Wildman–Crippen LogP) is 5.68. The number of aryl methyl sites for hydroxylation is 1. The second-order valence-corrected chi connectivity index (χ2v) is 10.1. The van der Waals surface area contributed by atoms with E-state index in [9.17, 15) is 9.59 Å². The number of hydrogen-bond donors (Lipinski definition) is 0. The molecular weight excluding hydrogens is 522 g/mol. The molecule has 4 rings (SSSR count). The summed E-state index contributed by atoms with van der Waals surface area (Å²) < 4.78 is 22.1. The lowest BCUT2D eigenvalue weighted by molar-refractivity contribution is -0.122. The Morgan fingerprint density at radius 2 is 1.55 bits per heavy atom. The molecule has 0 saturated carbocycles. The van der Waals surface area contributed by atoms with E-state index in [0.29, 0.717) is 45.0 Å². The van der Waals surface area contributed by atoms with Gasteiger partial charge >= 0.3 is 5.97 Å². The third-order valence-electron chi connectivity index (χ3n) is 5.92. The molecule has 1 aliphatic heterocycles. The van der Waals surface area contributed by atoms with Crippen molar-refractivity contribution >= 4 is 46.3 Å². The van der Waals surface area contributed by atoms with Gasteiger partial charge in [0, 0.05) is 6.54 Å². The van der Waals surface area contributed by atoms with Gasteiger partial charge in [0.05, 0.1) is 31.8 Å². The molecule has 7 nitrogen and oxygen atoms in total. The lowest BCUT2D eigenvalue weighted by Gasteiger charge is -2.15. The van der Waals surface area contributed by atoms with Crippen molar-refractivity contribution in [1.82, 2.24) is 4.90 Å². The summed E-state index contributed by atoms with van der Waals surface area (Å²) in [6, 6.07) is 17.9. The number of methoxy groups -OCH3 is 3. The van der Waals surface area contributed by atoms with Crippen LogP contribution in [-0.2, 0) is 11.2 Å². The number of esters is 1. The highest BCUT2D eigenvalue weighted by Crippen LogP contribution is 2.35. The Kier molecular flexibility index (Phi) is 8.70. The van der Waals surface area contributed by atoms with Crippen molar-refractivity contribution in [2.24, 2.45) is 0 Å². The fraction of sp³-hybridized carbons (Fsp3) is 0.207. The minimum atomic E-state index is -0.480. The summed E-state index contributed by atoms with van der Waals surface area (Å²) in [7, 11) is 4.67. The topological polar surface area (TPSA) is 74.3 Å². The molecule has 0 atom stereocenters. The van der Waals surface area contributed by atoms with Crippen molar-refractivity contribution in [2.75, 3.05) is 27.9 Å². The first kappa shape index (κ1) is 27.2. The Labute approximate surface area is 231 Å². The Hall–Kier alpha value is -3.82. The van der Waals surface area contributed by atoms with Gasteiger partial charge in [-0.1, -0.05) is 53.8 Å². The molecule has 38 heavy (non-hydrogen) atoms. The minimum Gasteiger partial charge on any atom is -0.493 e. The molecule has 3 aromatic rings. The Balaban J connectivity index is 1.45. The largest absolute Gasteiger partial charge is 0.493 e. The Morgan fingerprint density at radius 3 is 2.24 bits per heavy atom. The number of hydrogen-bond acceptors (Lipinski definition) is 8. The lowest BCUT2D eigenvalue weighted by atomic mass is 10.1. The second-order valence-electron chi connectivity index (χ2n) is 8.44. The van der Waals surface area contributed by atoms with Crippen molar-refractivity contribution < 1.29 is 28.5 Å². The van der Waals surface area contributed by atoms with Gasteiger partial charge in [0.25, 0.3) is 5.91 Å². The van der Waals surface area contributed by atoms with Gasteiger partial charge in [-0.05, 0) is 66.9 Å². The van der Waals surface area contributed by atoms with Gasteiger partial charge in [-0.2, -0.15) is 0 Å². The molecule has 0 radical (unpaired) electrons. The molecule has 3 aromatic carbocycles. The van der Waals surface area contributed by atoms with Crippen LogP contribution in [0.2, 0.25) is 0 Å². The highest BCUT2D eigenvalue weighted by Gasteiger charge is 2.31. The summed E-state index contributed by atoms with van der Waals surface area (Å²) in [6.45, 7) is 2.39. The van der Waals surface area contributed by atoms with Crippen molar-refractivity contribution in [1.29, 1.82) is 0 Å². The smallest absolute Gasteiger partial charge is 0.343 e. The highest BCUT2D eigenvalue weighted by atomic mass is 32.2. The summed E-state index contributed by atoms with van der Waals surface area (Å²) in [6.07, 6.45) is 2.36. The van der Waals surface area contributed by atoms with Crippen molar-refractivity contribution in [2.45, 2.75) is 13.3 Å². The fourth-order valence-corrected chi connectivity index (χ4v) is 5.14. The first-order valence-electron chi connectivity index (χ1n) is 11.8. The van der Waals surface area contributed by atoms with Gasteiger partial charge in [-0.15, -0.1) is 0 Å². The molecule has 1 saturated heterocycles. The third-order valence-corrected chi connectivity index (χ3v) is 7.30. The van der Waals surface area contributed by atoms with Gasteiger partial charge in [0.1, 0.15) is 4.32 Å². The molecule has 0 aliphatic carbocycles. The van der Waals surface area contributed by atoms with E-state index in [0.717, 1.165) is 16.7 Å². The molecular formula is C29H27NO6S2. The van der Waals surface area contributed by atoms with E-state index in [-0.39, 0.29) is 11.7 Å². The summed E-state index contributed by atoms with van der Waals surface area (Å²) in [5.41, 5.74) is 3.21. The number of carbonyl (C=O) groups excluding carboxylic acids is 2. The Morgan fingerprint density at radius 1 is 0.895 bits per heavy atom. The van der Waals surface area contributed by atoms with E-state index >= 15 is 0 Å². The average molecular weight is 550 g/mol. The number of thiocarbonyl (C=S) groups is 1. The van der Waals surface area contributed by atoms with Crippen molar-refractivity contribution in [3.05, 3.63) is 87.8 Å². The number of thioether (sulfide) groups is 1. The van der Waals surface area contributed by atoms with Crippen LogP contribution in [0.25, 0.3) is 6.08 Å². The number of nitrogens with zero attached hydrogens (tertiary/aromatic N) is 1. The first-order chi connectivity index (χ1) is 18.3. The molecule has 0 unspecified atom stereocenters. The molecule has 196 valence electrons. The summed E-state index contributed by atoms with van der Waals surface area (Å²) in [5.74, 6) is 1.31. The number of rotatable bonds is 9. The van der Waals surface area contributed by atoms with Crippen LogP contribution in [0.5, 0.6) is 23.0 Å².